The average molecular weight is 507 g/mol. The molecule has 2 rings (SSSR count). The van der Waals surface area contributed by atoms with Crippen molar-refractivity contribution in [3.63, 3.8) is 0 Å². The second kappa shape index (κ2) is 14.9. The Morgan fingerprint density at radius 1 is 1.00 bits per heavy atom. The van der Waals surface area contributed by atoms with E-state index >= 15 is 0 Å². The number of anilines is 1. The summed E-state index contributed by atoms with van der Waals surface area (Å²) in [5, 5.41) is 6.27. The molecule has 1 amide bonds. The zero-order chi connectivity index (χ0) is 23.2. The molecule has 2 aromatic carbocycles. The maximum atomic E-state index is 12.3. The molecule has 2 aromatic rings. The molecule has 7 heteroatoms. The molecule has 0 fully saturated rings. The second-order valence-corrected chi connectivity index (χ2v) is 8.38. The largest absolute Gasteiger partial charge is 0.490 e. The van der Waals surface area contributed by atoms with E-state index in [1.807, 2.05) is 50.2 Å². The predicted octanol–water partition coefficient (Wildman–Crippen LogP) is 5.47. The summed E-state index contributed by atoms with van der Waals surface area (Å²) < 4.78 is 18.0. The Morgan fingerprint density at radius 3 is 2.44 bits per heavy atom. The van der Waals surface area contributed by atoms with Crippen LogP contribution in [-0.4, -0.2) is 38.9 Å². The summed E-state index contributed by atoms with van der Waals surface area (Å²) in [5.41, 5.74) is 2.95. The van der Waals surface area contributed by atoms with Gasteiger partial charge in [0.15, 0.2) is 18.1 Å². The highest BCUT2D eigenvalue weighted by Gasteiger charge is 2.13. The third-order valence-corrected chi connectivity index (χ3v) is 5.44. The number of carbonyl (C=O) groups excluding carboxylic acids is 1. The molecular formula is C25H35BrN2O4. The van der Waals surface area contributed by atoms with E-state index in [0.29, 0.717) is 24.7 Å². The Hall–Kier alpha value is -2.09. The van der Waals surface area contributed by atoms with E-state index in [0.717, 1.165) is 60.3 Å². The van der Waals surface area contributed by atoms with Gasteiger partial charge in [0, 0.05) is 29.9 Å². The predicted molar refractivity (Wildman–Crippen MR) is 133 cm³/mol. The lowest BCUT2D eigenvalue weighted by atomic mass is 10.2. The van der Waals surface area contributed by atoms with Gasteiger partial charge in [-0.15, -0.1) is 0 Å². The number of carbonyl (C=O) groups is 1. The molecular weight excluding hydrogens is 472 g/mol. The van der Waals surface area contributed by atoms with Gasteiger partial charge in [0.05, 0.1) is 6.61 Å². The molecule has 0 aliphatic heterocycles. The molecule has 0 aromatic heterocycles. The number of benzene rings is 2. The molecule has 0 aliphatic rings. The summed E-state index contributed by atoms with van der Waals surface area (Å²) in [5.74, 6) is 0.934. The van der Waals surface area contributed by atoms with Crippen molar-refractivity contribution in [1.82, 2.24) is 5.32 Å². The first-order valence-corrected chi connectivity index (χ1v) is 12.1. The van der Waals surface area contributed by atoms with Gasteiger partial charge >= 0.3 is 0 Å². The van der Waals surface area contributed by atoms with Crippen molar-refractivity contribution in [1.29, 1.82) is 0 Å². The summed E-state index contributed by atoms with van der Waals surface area (Å²) in [6.45, 7) is 9.68. The quantitative estimate of drug-likeness (QED) is 0.313. The van der Waals surface area contributed by atoms with Crippen LogP contribution < -0.4 is 20.1 Å². The Kier molecular flexibility index (Phi) is 12.2. The van der Waals surface area contributed by atoms with Gasteiger partial charge in [-0.25, -0.2) is 0 Å². The highest BCUT2D eigenvalue weighted by atomic mass is 79.9. The van der Waals surface area contributed by atoms with Crippen LogP contribution in [0.1, 0.15) is 44.2 Å². The number of amides is 1. The lowest BCUT2D eigenvalue weighted by Crippen LogP contribution is -2.20. The van der Waals surface area contributed by atoms with Crippen molar-refractivity contribution in [2.24, 2.45) is 0 Å². The standard InChI is InChI=1S/C25H35BrN2O4/c1-4-6-13-30-14-7-12-27-17-20-15-23(31-5-2)24(16-22(20)26)32-18-25(29)28-21-10-8-19(3)9-11-21/h8-11,15-16,27H,4-7,12-14,17-18H2,1-3H3,(H,28,29). The summed E-state index contributed by atoms with van der Waals surface area (Å²) in [6, 6.07) is 11.4. The second-order valence-electron chi connectivity index (χ2n) is 7.52. The maximum Gasteiger partial charge on any atom is 0.262 e. The molecule has 176 valence electrons. The van der Waals surface area contributed by atoms with Crippen molar-refractivity contribution < 1.29 is 19.0 Å². The van der Waals surface area contributed by atoms with Crippen molar-refractivity contribution in [2.75, 3.05) is 38.3 Å². The maximum absolute atomic E-state index is 12.3. The van der Waals surface area contributed by atoms with Crippen LogP contribution in [0.3, 0.4) is 0 Å². The van der Waals surface area contributed by atoms with E-state index in [1.165, 1.54) is 0 Å². The fraction of sp³-hybridized carbons (Fsp3) is 0.480. The number of ether oxygens (including phenoxy) is 3. The minimum Gasteiger partial charge on any atom is -0.490 e. The summed E-state index contributed by atoms with van der Waals surface area (Å²) in [4.78, 5) is 12.3. The third-order valence-electron chi connectivity index (χ3n) is 4.71. The van der Waals surface area contributed by atoms with Crippen LogP contribution in [0.25, 0.3) is 0 Å². The molecule has 0 bridgehead atoms. The lowest BCUT2D eigenvalue weighted by Gasteiger charge is -2.15. The number of unbranched alkanes of at least 4 members (excludes halogenated alkanes) is 1. The highest BCUT2D eigenvalue weighted by molar-refractivity contribution is 9.10. The summed E-state index contributed by atoms with van der Waals surface area (Å²) in [7, 11) is 0. The van der Waals surface area contributed by atoms with Gasteiger partial charge in [-0.1, -0.05) is 47.0 Å². The van der Waals surface area contributed by atoms with E-state index in [1.54, 1.807) is 0 Å². The Morgan fingerprint density at radius 2 is 1.72 bits per heavy atom. The molecule has 0 saturated carbocycles. The third kappa shape index (κ3) is 9.59. The molecule has 6 nitrogen and oxygen atoms in total. The van der Waals surface area contributed by atoms with Gasteiger partial charge in [-0.2, -0.15) is 0 Å². The van der Waals surface area contributed by atoms with Crippen LogP contribution in [0, 0.1) is 6.92 Å². The first-order chi connectivity index (χ1) is 15.5. The van der Waals surface area contributed by atoms with Gasteiger partial charge in [-0.05, 0) is 63.1 Å². The molecule has 0 heterocycles. The molecule has 0 radical (unpaired) electrons. The number of nitrogens with one attached hydrogen (secondary N) is 2. The highest BCUT2D eigenvalue weighted by Crippen LogP contribution is 2.34. The first kappa shape index (κ1) is 26.2. The van der Waals surface area contributed by atoms with E-state index in [9.17, 15) is 4.79 Å². The Labute approximate surface area is 200 Å². The fourth-order valence-corrected chi connectivity index (χ4v) is 3.40. The topological polar surface area (TPSA) is 68.8 Å². The number of halogens is 1. The SMILES string of the molecule is CCCCOCCCNCc1cc(OCC)c(OCC(=O)Nc2ccc(C)cc2)cc1Br. The van der Waals surface area contributed by atoms with E-state index in [4.69, 9.17) is 14.2 Å². The summed E-state index contributed by atoms with van der Waals surface area (Å²) in [6.07, 6.45) is 3.24. The number of rotatable bonds is 15. The van der Waals surface area contributed by atoms with Crippen LogP contribution in [0.5, 0.6) is 11.5 Å². The summed E-state index contributed by atoms with van der Waals surface area (Å²) >= 11 is 3.61. The minimum atomic E-state index is -0.223. The normalized spacial score (nSPS) is 10.8. The van der Waals surface area contributed by atoms with Crippen molar-refractivity contribution in [2.45, 2.75) is 46.6 Å². The van der Waals surface area contributed by atoms with Crippen LogP contribution in [0.15, 0.2) is 40.9 Å². The van der Waals surface area contributed by atoms with Crippen LogP contribution >= 0.6 is 15.9 Å². The van der Waals surface area contributed by atoms with Crippen molar-refractivity contribution in [3.05, 3.63) is 52.0 Å². The Balaban J connectivity index is 1.86. The number of hydrogen-bond donors (Lipinski definition) is 2. The molecule has 0 spiro atoms. The monoisotopic (exact) mass is 506 g/mol. The molecule has 0 unspecified atom stereocenters. The number of aryl methyl sites for hydroxylation is 1. The molecule has 0 atom stereocenters. The van der Waals surface area contributed by atoms with Gasteiger partial charge < -0.3 is 24.8 Å². The van der Waals surface area contributed by atoms with E-state index in [-0.39, 0.29) is 12.5 Å². The molecule has 0 aliphatic carbocycles. The van der Waals surface area contributed by atoms with E-state index < -0.39 is 0 Å². The van der Waals surface area contributed by atoms with Gasteiger partial charge in [-0.3, -0.25) is 4.79 Å². The zero-order valence-corrected chi connectivity index (χ0v) is 20.9. The molecule has 0 saturated heterocycles. The van der Waals surface area contributed by atoms with Crippen LogP contribution in [0.4, 0.5) is 5.69 Å². The van der Waals surface area contributed by atoms with Crippen LogP contribution in [-0.2, 0) is 16.1 Å². The lowest BCUT2D eigenvalue weighted by molar-refractivity contribution is -0.118. The van der Waals surface area contributed by atoms with E-state index in [2.05, 4.69) is 33.5 Å². The first-order valence-electron chi connectivity index (χ1n) is 11.3. The fourth-order valence-electron chi connectivity index (χ4n) is 2.94. The zero-order valence-electron chi connectivity index (χ0n) is 19.3. The van der Waals surface area contributed by atoms with Gasteiger partial charge in [0.25, 0.3) is 5.91 Å². The smallest absolute Gasteiger partial charge is 0.262 e. The molecule has 32 heavy (non-hydrogen) atoms. The van der Waals surface area contributed by atoms with Gasteiger partial charge in [0.1, 0.15) is 0 Å². The van der Waals surface area contributed by atoms with Gasteiger partial charge in [0.2, 0.25) is 0 Å². The number of hydrogen-bond acceptors (Lipinski definition) is 5. The van der Waals surface area contributed by atoms with Crippen molar-refractivity contribution >= 4 is 27.5 Å². The van der Waals surface area contributed by atoms with Crippen LogP contribution in [0.2, 0.25) is 0 Å². The minimum absolute atomic E-state index is 0.101. The van der Waals surface area contributed by atoms with Crippen molar-refractivity contribution in [3.8, 4) is 11.5 Å². The molecule has 2 N–H and O–H groups in total. The Bertz CT molecular complexity index is 827. The average Bonchev–Trinajstić information content (AvgIpc) is 2.78.